The van der Waals surface area contributed by atoms with Crippen LogP contribution >= 0.6 is 12.4 Å². The first kappa shape index (κ1) is 15.1. The monoisotopic (exact) mass is 212 g/mol. The highest BCUT2D eigenvalue weighted by atomic mass is 35.5. The highest BCUT2D eigenvalue weighted by Crippen LogP contribution is 1.89. The summed E-state index contributed by atoms with van der Waals surface area (Å²) in [7, 11) is 0. The molecule has 0 aliphatic heterocycles. The zero-order valence-corrected chi connectivity index (χ0v) is 8.29. The molecule has 4 N–H and O–H groups in total. The van der Waals surface area contributed by atoms with Gasteiger partial charge in [-0.15, -0.1) is 12.4 Å². The molecule has 0 unspecified atom stereocenters. The summed E-state index contributed by atoms with van der Waals surface area (Å²) in [4.78, 5) is 12.2. The van der Waals surface area contributed by atoms with Crippen LogP contribution in [0.25, 0.3) is 0 Å². The molecule has 0 spiro atoms. The van der Waals surface area contributed by atoms with Crippen LogP contribution in [0.5, 0.6) is 0 Å². The molecule has 0 aliphatic carbocycles. The van der Waals surface area contributed by atoms with E-state index in [9.17, 15) is 4.79 Å². The predicted molar refractivity (Wildman–Crippen MR) is 51.7 cm³/mol. The number of nitrogens with zero attached hydrogens (tertiary/aromatic N) is 1. The van der Waals surface area contributed by atoms with Gasteiger partial charge in [-0.3, -0.25) is 9.69 Å². The minimum absolute atomic E-state index is 0. The number of carbonyl (C=O) groups is 1. The van der Waals surface area contributed by atoms with E-state index < -0.39 is 0 Å². The van der Waals surface area contributed by atoms with Crippen molar-refractivity contribution in [1.82, 2.24) is 4.90 Å². The number of halogens is 1. The summed E-state index contributed by atoms with van der Waals surface area (Å²) >= 11 is 0. The van der Waals surface area contributed by atoms with Crippen molar-refractivity contribution in [3.05, 3.63) is 0 Å². The number of rotatable bonds is 7. The zero-order chi connectivity index (χ0) is 9.40. The molecular formula is C7H17ClN2O3. The third kappa shape index (κ3) is 9.55. The van der Waals surface area contributed by atoms with Gasteiger partial charge in [-0.05, 0) is 0 Å². The van der Waals surface area contributed by atoms with Crippen molar-refractivity contribution in [2.24, 2.45) is 5.73 Å². The summed E-state index contributed by atoms with van der Waals surface area (Å²) in [6.07, 6.45) is 0.264. The van der Waals surface area contributed by atoms with Crippen molar-refractivity contribution >= 4 is 18.3 Å². The lowest BCUT2D eigenvalue weighted by Crippen LogP contribution is -2.33. The van der Waals surface area contributed by atoms with Crippen molar-refractivity contribution < 1.29 is 15.0 Å². The second kappa shape index (κ2) is 9.73. The maximum atomic E-state index is 10.4. The number of aliphatic hydroxyl groups is 2. The molecular weight excluding hydrogens is 196 g/mol. The van der Waals surface area contributed by atoms with Crippen LogP contribution in [0.15, 0.2) is 0 Å². The van der Waals surface area contributed by atoms with Crippen molar-refractivity contribution in [3.63, 3.8) is 0 Å². The number of nitrogens with two attached hydrogens (primary N) is 1. The van der Waals surface area contributed by atoms with Gasteiger partial charge in [0.2, 0.25) is 5.91 Å². The van der Waals surface area contributed by atoms with E-state index in [0.717, 1.165) is 0 Å². The average Bonchev–Trinajstić information content (AvgIpc) is 2.01. The largest absolute Gasteiger partial charge is 0.395 e. The van der Waals surface area contributed by atoms with Crippen LogP contribution in [0.3, 0.4) is 0 Å². The van der Waals surface area contributed by atoms with Crippen LogP contribution in [-0.2, 0) is 4.79 Å². The molecule has 0 fully saturated rings. The molecule has 0 aromatic carbocycles. The molecule has 0 aromatic rings. The van der Waals surface area contributed by atoms with E-state index in [2.05, 4.69) is 0 Å². The average molecular weight is 213 g/mol. The third-order valence-electron chi connectivity index (χ3n) is 1.51. The first-order valence-corrected chi connectivity index (χ1v) is 3.93. The lowest BCUT2D eigenvalue weighted by atomic mass is 10.3. The molecule has 0 radical (unpaired) electrons. The fraction of sp³-hybridized carbons (Fsp3) is 0.857. The van der Waals surface area contributed by atoms with Crippen molar-refractivity contribution in [1.29, 1.82) is 0 Å². The van der Waals surface area contributed by atoms with Crippen LogP contribution in [0.2, 0.25) is 0 Å². The van der Waals surface area contributed by atoms with Gasteiger partial charge in [-0.2, -0.15) is 0 Å². The Morgan fingerprint density at radius 2 is 1.62 bits per heavy atom. The molecule has 13 heavy (non-hydrogen) atoms. The predicted octanol–water partition coefficient (Wildman–Crippen LogP) is -1.43. The number of amides is 1. The standard InChI is InChI=1S/C7H16N2O3.ClH/c8-7(12)1-2-9(3-5-10)4-6-11;/h10-11H,1-6H2,(H2,8,12);1H. The van der Waals surface area contributed by atoms with E-state index in [0.29, 0.717) is 19.6 Å². The van der Waals surface area contributed by atoms with Crippen LogP contribution in [-0.4, -0.2) is 53.9 Å². The van der Waals surface area contributed by atoms with Gasteiger partial charge in [0.1, 0.15) is 0 Å². The fourth-order valence-electron chi connectivity index (χ4n) is 0.887. The second-order valence-corrected chi connectivity index (χ2v) is 2.51. The lowest BCUT2D eigenvalue weighted by Gasteiger charge is -2.18. The van der Waals surface area contributed by atoms with Gasteiger partial charge in [0.25, 0.3) is 0 Å². The van der Waals surface area contributed by atoms with Crippen LogP contribution in [0.4, 0.5) is 0 Å². The molecule has 0 bridgehead atoms. The van der Waals surface area contributed by atoms with E-state index >= 15 is 0 Å². The molecule has 80 valence electrons. The number of primary amides is 1. The van der Waals surface area contributed by atoms with Gasteiger partial charge in [0.05, 0.1) is 13.2 Å². The smallest absolute Gasteiger partial charge is 0.218 e. The van der Waals surface area contributed by atoms with Crippen molar-refractivity contribution in [2.75, 3.05) is 32.8 Å². The maximum absolute atomic E-state index is 10.4. The van der Waals surface area contributed by atoms with Gasteiger partial charge in [0, 0.05) is 26.1 Å². The van der Waals surface area contributed by atoms with Crippen molar-refractivity contribution in [2.45, 2.75) is 6.42 Å². The first-order valence-electron chi connectivity index (χ1n) is 3.93. The number of hydrogen-bond donors (Lipinski definition) is 3. The summed E-state index contributed by atoms with van der Waals surface area (Å²) in [6.45, 7) is 1.48. The Kier molecular flexibility index (Phi) is 11.3. The Morgan fingerprint density at radius 3 is 1.92 bits per heavy atom. The Hall–Kier alpha value is -0.360. The lowest BCUT2D eigenvalue weighted by molar-refractivity contribution is -0.118. The first-order chi connectivity index (χ1) is 5.70. The number of aliphatic hydroxyl groups excluding tert-OH is 2. The minimum atomic E-state index is -0.365. The van der Waals surface area contributed by atoms with Gasteiger partial charge in [-0.1, -0.05) is 0 Å². The molecule has 0 saturated carbocycles. The van der Waals surface area contributed by atoms with E-state index in [4.69, 9.17) is 15.9 Å². The third-order valence-corrected chi connectivity index (χ3v) is 1.51. The van der Waals surface area contributed by atoms with Gasteiger partial charge < -0.3 is 15.9 Å². The molecule has 0 rings (SSSR count). The number of hydrogen-bond acceptors (Lipinski definition) is 4. The van der Waals surface area contributed by atoms with Crippen LogP contribution in [0, 0.1) is 0 Å². The topological polar surface area (TPSA) is 86.8 Å². The quantitative estimate of drug-likeness (QED) is 0.483. The van der Waals surface area contributed by atoms with E-state index in [1.165, 1.54) is 0 Å². The Labute approximate surface area is 83.9 Å². The fourth-order valence-corrected chi connectivity index (χ4v) is 0.887. The Balaban J connectivity index is 0. The molecule has 0 aromatic heterocycles. The van der Waals surface area contributed by atoms with Gasteiger partial charge in [-0.25, -0.2) is 0 Å². The molecule has 0 heterocycles. The summed E-state index contributed by atoms with van der Waals surface area (Å²) in [6, 6.07) is 0. The molecule has 0 saturated heterocycles. The summed E-state index contributed by atoms with van der Waals surface area (Å²) in [5.74, 6) is -0.365. The van der Waals surface area contributed by atoms with E-state index in [1.54, 1.807) is 4.90 Å². The Bertz CT molecular complexity index is 129. The molecule has 6 heteroatoms. The highest BCUT2D eigenvalue weighted by molar-refractivity contribution is 5.85. The van der Waals surface area contributed by atoms with Crippen molar-refractivity contribution in [3.8, 4) is 0 Å². The molecule has 0 atom stereocenters. The van der Waals surface area contributed by atoms with Gasteiger partial charge in [0.15, 0.2) is 0 Å². The molecule has 5 nitrogen and oxygen atoms in total. The zero-order valence-electron chi connectivity index (χ0n) is 7.48. The minimum Gasteiger partial charge on any atom is -0.395 e. The SMILES string of the molecule is Cl.NC(=O)CCN(CCO)CCO. The maximum Gasteiger partial charge on any atom is 0.218 e. The summed E-state index contributed by atoms with van der Waals surface area (Å²) in [5.41, 5.74) is 4.94. The van der Waals surface area contributed by atoms with Crippen LogP contribution < -0.4 is 5.73 Å². The summed E-state index contributed by atoms with van der Waals surface area (Å²) < 4.78 is 0. The van der Waals surface area contributed by atoms with E-state index in [1.807, 2.05) is 0 Å². The highest BCUT2D eigenvalue weighted by Gasteiger charge is 2.04. The molecule has 1 amide bonds. The van der Waals surface area contributed by atoms with Crippen LogP contribution in [0.1, 0.15) is 6.42 Å². The summed E-state index contributed by atoms with van der Waals surface area (Å²) in [5, 5.41) is 17.2. The number of carbonyl (C=O) groups excluding carboxylic acids is 1. The van der Waals surface area contributed by atoms with E-state index in [-0.39, 0.29) is 37.9 Å². The molecule has 0 aliphatic rings. The van der Waals surface area contributed by atoms with Gasteiger partial charge >= 0.3 is 0 Å². The second-order valence-electron chi connectivity index (χ2n) is 2.51. The Morgan fingerprint density at radius 1 is 1.15 bits per heavy atom. The normalized spacial score (nSPS) is 9.77.